The van der Waals surface area contributed by atoms with Gasteiger partial charge in [-0.15, -0.1) is 68.4 Å². The summed E-state index contributed by atoms with van der Waals surface area (Å²) in [6, 6.07) is 41.6. The molecule has 0 saturated carbocycles. The lowest BCUT2D eigenvalue weighted by Crippen LogP contribution is -2.54. The second-order valence-electron chi connectivity index (χ2n) is 34.3. The highest BCUT2D eigenvalue weighted by atomic mass is 32.2. The summed E-state index contributed by atoms with van der Waals surface area (Å²) in [7, 11) is -10.3. The normalized spacial score (nSPS) is 16.4. The molecule has 668 valence electrons. The number of allylic oxidation sites excluding steroid dienone is 1. The fourth-order valence-corrected chi connectivity index (χ4v) is 28.5. The molecule has 7 N–H and O–H groups in total. The first-order valence-corrected chi connectivity index (χ1v) is 53.4. The van der Waals surface area contributed by atoms with E-state index in [0.29, 0.717) is 5.01 Å². The van der Waals surface area contributed by atoms with Crippen LogP contribution in [-0.4, -0.2) is 139 Å². The maximum absolute atomic E-state index is 15.9. The van der Waals surface area contributed by atoms with Crippen LogP contribution in [0.4, 0.5) is 0 Å². The molecule has 35 heteroatoms. The van der Waals surface area contributed by atoms with Gasteiger partial charge in [0.1, 0.15) is 94.6 Å². The zero-order chi connectivity index (χ0) is 91.7. The van der Waals surface area contributed by atoms with Gasteiger partial charge in [-0.3, -0.25) is 28.8 Å². The lowest BCUT2D eigenvalue weighted by atomic mass is 9.84. The van der Waals surface area contributed by atoms with Crippen molar-refractivity contribution in [3.63, 3.8) is 0 Å². The van der Waals surface area contributed by atoms with Crippen molar-refractivity contribution in [3.05, 3.63) is 250 Å². The molecule has 6 aromatic heterocycles. The molecule has 0 fully saturated rings. The molecule has 6 atom stereocenters. The maximum atomic E-state index is 15.9. The summed E-state index contributed by atoms with van der Waals surface area (Å²) >= 11 is 6.70. The summed E-state index contributed by atoms with van der Waals surface area (Å²) in [6.07, 6.45) is -0.956. The number of ether oxygens (including phenoxy) is 2. The minimum Gasteiger partial charge on any atom is -0.459 e. The topological polar surface area (TPSA) is 363 Å². The average Bonchev–Trinajstić information content (AvgIpc) is 1.07. The van der Waals surface area contributed by atoms with Crippen molar-refractivity contribution in [1.82, 2.24) is 56.5 Å². The van der Waals surface area contributed by atoms with E-state index in [1.54, 1.807) is 70.5 Å². The number of amides is 6. The number of nitrogens with two attached hydrogens (primary N) is 1. The SMILES string of the molecule is C/C=C1\NC(=O)[C@H]([C@@H](C)OC(C)(C)C)NC(=O)c2csc(n2)-c2cc(OS(=O)(=O)c3ccc(C)cc3)c(-c3nc(C(=O)N[C@@H](CO[Si](C(C)C)(C(C)C)C(C)C)C(N)=O)cs3)nc2-c2csc(n2)[C@H](CSC(c2ccccc2)(c2ccccc2)c2ccccc2)NC(=O)c2csc(n2)[C@H](C[C@H](O[Si](C)(C)C(C)(C)C)C(=O)OCc2ccccc2)NC(=O)c2csc1n2. The molecular formula is C92H106N12O14S7Si2. The van der Waals surface area contributed by atoms with Crippen molar-refractivity contribution in [3.8, 4) is 38.4 Å². The van der Waals surface area contributed by atoms with Crippen LogP contribution in [0.1, 0.15) is 200 Å². The van der Waals surface area contributed by atoms with Crippen molar-refractivity contribution < 1.29 is 64.5 Å². The summed E-state index contributed by atoms with van der Waals surface area (Å²) in [6.45, 7) is 32.9. The third-order valence-corrected chi connectivity index (χ3v) is 40.2. The monoisotopic (exact) mass is 1880 g/mol. The summed E-state index contributed by atoms with van der Waals surface area (Å²) in [4.78, 5) is 134. The first-order valence-electron chi connectivity index (χ1n) is 41.5. The summed E-state index contributed by atoms with van der Waals surface area (Å²) in [5, 5.41) is 23.0. The van der Waals surface area contributed by atoms with Crippen LogP contribution < -0.4 is 36.5 Å². The predicted octanol–water partition coefficient (Wildman–Crippen LogP) is 18.2. The van der Waals surface area contributed by atoms with Gasteiger partial charge in [0.25, 0.3) is 23.6 Å². The molecule has 1 aliphatic rings. The minimum atomic E-state index is -4.79. The van der Waals surface area contributed by atoms with Crippen LogP contribution in [0.15, 0.2) is 190 Å². The van der Waals surface area contributed by atoms with Gasteiger partial charge in [-0.05, 0) is 117 Å². The van der Waals surface area contributed by atoms with Gasteiger partial charge in [0.2, 0.25) is 11.8 Å². The van der Waals surface area contributed by atoms with Gasteiger partial charge >= 0.3 is 16.1 Å². The largest absolute Gasteiger partial charge is 0.459 e. The van der Waals surface area contributed by atoms with Gasteiger partial charge in [0.05, 0.1) is 40.8 Å². The Balaban J connectivity index is 1.06. The van der Waals surface area contributed by atoms with Crippen LogP contribution in [0.25, 0.3) is 38.4 Å². The van der Waals surface area contributed by atoms with Crippen LogP contribution in [0.2, 0.25) is 34.8 Å². The Morgan fingerprint density at radius 3 is 1.66 bits per heavy atom. The van der Waals surface area contributed by atoms with Crippen molar-refractivity contribution in [2.24, 2.45) is 5.73 Å². The molecule has 127 heavy (non-hydrogen) atoms. The third kappa shape index (κ3) is 22.6. The van der Waals surface area contributed by atoms with Gasteiger partial charge in [-0.2, -0.15) is 8.42 Å². The van der Waals surface area contributed by atoms with Crippen LogP contribution in [0.3, 0.4) is 0 Å². The van der Waals surface area contributed by atoms with Crippen molar-refractivity contribution in [2.45, 2.75) is 203 Å². The standard InChI is InChI=1S/C92H106N12O14S7Si2/c1-18-64-85-100-68(49-121-85)79(106)95-65(44-74(118-126(16,17)91(13,14)15)89(111)114-45-58-31-23-19-24-32-58)86-101-69(50-122-86)81(108)97-72(52-124-92(59-33-25-20-26-34-59,60-35-27-21-28-36-60)61-37-29-22-30-38-61)87-98-67(47-120-87)76-63(84-99-71(48-119-84)82(109)104-75(83(110)94-64)57(9)116-90(10,11)12)43-73(117-125(112,113)62-41-39-56(8)40-42-62)77(103-76)88-102-70(51-123-88)80(107)96-66(78(93)105)46-115-127(53(2)3,54(4)5)55(6)7/h18-43,47-51,53-55,57,65-66,72,74-75H,44-46,52H2,1-17H3,(H2,93,105)(H,94,110)(H,95,106)(H,96,107)(H,97,108)(H,104,109)/b64-18-/t57-,65+,66+,72+,74+,75+/m1/s1. The van der Waals surface area contributed by atoms with E-state index in [1.165, 1.54) is 46.1 Å². The van der Waals surface area contributed by atoms with E-state index in [-0.39, 0.29) is 118 Å². The molecule has 8 bridgehead atoms. The Morgan fingerprint density at radius 2 is 1.11 bits per heavy atom. The second-order valence-corrected chi connectivity index (χ2v) is 51.7. The highest BCUT2D eigenvalue weighted by Crippen LogP contribution is 2.51. The van der Waals surface area contributed by atoms with E-state index in [9.17, 15) is 22.8 Å². The quantitative estimate of drug-likeness (QED) is 0.0115. The lowest BCUT2D eigenvalue weighted by molar-refractivity contribution is -0.154. The number of carbonyl (C=O) groups is 7. The van der Waals surface area contributed by atoms with Crippen molar-refractivity contribution >= 4 is 142 Å². The fourth-order valence-electron chi connectivity index (χ4n) is 15.0. The van der Waals surface area contributed by atoms with Crippen LogP contribution in [0.5, 0.6) is 5.75 Å². The molecule has 5 aromatic carbocycles. The zero-order valence-corrected chi connectivity index (χ0v) is 81.5. The number of esters is 1. The average molecular weight is 1880 g/mol. The Kier molecular flexibility index (Phi) is 30.7. The van der Waals surface area contributed by atoms with E-state index in [2.05, 4.69) is 105 Å². The molecule has 0 aliphatic carbocycles. The van der Waals surface area contributed by atoms with E-state index < -0.39 is 126 Å². The zero-order valence-electron chi connectivity index (χ0n) is 73.8. The molecule has 11 aromatic rings. The Labute approximate surface area is 767 Å². The van der Waals surface area contributed by atoms with Crippen LogP contribution in [0, 0.1) is 6.92 Å². The highest BCUT2D eigenvalue weighted by Gasteiger charge is 2.48. The third-order valence-electron chi connectivity index (χ3n) is 22.3. The molecule has 1 aliphatic heterocycles. The van der Waals surface area contributed by atoms with Crippen LogP contribution in [-0.2, 0) is 54.2 Å². The number of hydrogen-bond acceptors (Lipinski definition) is 26. The Hall–Kier alpha value is -10.2. The second kappa shape index (κ2) is 40.7. The van der Waals surface area contributed by atoms with Gasteiger partial charge in [-0.25, -0.2) is 34.7 Å². The summed E-state index contributed by atoms with van der Waals surface area (Å²) in [5.74, 6) is -5.59. The van der Waals surface area contributed by atoms with E-state index in [1.807, 2.05) is 119 Å². The number of thioether (sulfide) groups is 1. The summed E-state index contributed by atoms with van der Waals surface area (Å²) in [5.41, 5.74) is 9.46. The lowest BCUT2D eigenvalue weighted by Gasteiger charge is -2.42. The molecule has 6 amide bonds. The number of benzene rings is 5. The molecule has 0 radical (unpaired) electrons. The number of fused-ring (bicyclic) bond motifs is 11. The highest BCUT2D eigenvalue weighted by molar-refractivity contribution is 8.00. The summed E-state index contributed by atoms with van der Waals surface area (Å²) < 4.78 is 61.5. The van der Waals surface area contributed by atoms with Gasteiger partial charge in [-0.1, -0.05) is 207 Å². The molecule has 26 nitrogen and oxygen atoms in total. The van der Waals surface area contributed by atoms with Crippen molar-refractivity contribution in [1.29, 1.82) is 0 Å². The molecule has 12 rings (SSSR count). The number of hydrogen-bond donors (Lipinski definition) is 6. The number of primary amides is 1. The van der Waals surface area contributed by atoms with E-state index in [0.717, 1.165) is 84.5 Å². The Morgan fingerprint density at radius 1 is 0.606 bits per heavy atom. The number of nitrogens with zero attached hydrogens (tertiary/aromatic N) is 6. The smallest absolute Gasteiger partial charge is 0.339 e. The van der Waals surface area contributed by atoms with Gasteiger partial charge in [0.15, 0.2) is 22.4 Å². The number of carbonyl (C=O) groups excluding carboxylic acids is 7. The number of thiazole rings is 5. The Bertz CT molecular complexity index is 5780. The molecule has 0 spiro atoms. The number of aromatic nitrogens is 6. The molecular weight excluding hydrogens is 1780 g/mol. The number of aryl methyl sites for hydroxylation is 1. The van der Waals surface area contributed by atoms with Gasteiger partial charge in [0, 0.05) is 44.6 Å². The van der Waals surface area contributed by atoms with Gasteiger partial charge < -0.3 is 54.8 Å². The van der Waals surface area contributed by atoms with E-state index in [4.69, 9.17) is 58.1 Å². The number of pyridine rings is 1. The molecule has 0 saturated heterocycles. The fraction of sp³-hybridized carbons (Fsp3) is 0.359. The first-order chi connectivity index (χ1) is 60.2. The molecule has 0 unspecified atom stereocenters. The number of nitrogens with one attached hydrogen (secondary N) is 5. The van der Waals surface area contributed by atoms with Crippen LogP contribution >= 0.6 is 68.4 Å². The van der Waals surface area contributed by atoms with E-state index >= 15 is 19.2 Å². The maximum Gasteiger partial charge on any atom is 0.339 e. The molecule has 7 heterocycles. The number of rotatable bonds is 28. The predicted molar refractivity (Wildman–Crippen MR) is 507 cm³/mol. The van der Waals surface area contributed by atoms with Crippen molar-refractivity contribution in [2.75, 3.05) is 12.4 Å². The minimum absolute atomic E-state index is 0.0243. The first kappa shape index (κ1) is 95.9.